The van der Waals surface area contributed by atoms with E-state index < -0.39 is 47.0 Å². The third-order valence-corrected chi connectivity index (χ3v) is 4.40. The molecule has 3 amide bonds. The number of hydrogen-bond acceptors (Lipinski definition) is 5. The van der Waals surface area contributed by atoms with Crippen molar-refractivity contribution in [2.45, 2.75) is 66.8 Å². The van der Waals surface area contributed by atoms with Crippen molar-refractivity contribution < 1.29 is 29.5 Å². The van der Waals surface area contributed by atoms with Gasteiger partial charge in [0.05, 0.1) is 5.92 Å². The Balaban J connectivity index is 5.13. The van der Waals surface area contributed by atoms with Crippen molar-refractivity contribution in [2.24, 2.45) is 23.2 Å². The lowest BCUT2D eigenvalue weighted by Gasteiger charge is -2.32. The highest BCUT2D eigenvalue weighted by Gasteiger charge is 2.35. The second-order valence-electron chi connectivity index (χ2n) is 8.69. The van der Waals surface area contributed by atoms with Gasteiger partial charge in [0.25, 0.3) is 0 Å². The molecule has 3 atom stereocenters. The average molecular weight is 402 g/mol. The first-order chi connectivity index (χ1) is 12.8. The fourth-order valence-electron chi connectivity index (χ4n) is 2.69. The standard InChI is InChI=1S/C19H35N3O6/c1-11(2)9-13(10-14(23)22-28)16(24)21-15(19(4,5)6)17(25)20-8-7-12(3)18(26)27/h11-13,15,28H,7-10H2,1-6H3,(H,20,25)(H,21,24)(H,22,23)(H,26,27)/t12?,13?,15-/m1/s1. The molecule has 28 heavy (non-hydrogen) atoms. The van der Waals surface area contributed by atoms with Crippen LogP contribution < -0.4 is 16.1 Å². The van der Waals surface area contributed by atoms with Gasteiger partial charge in [0, 0.05) is 18.9 Å². The van der Waals surface area contributed by atoms with E-state index in [1.165, 1.54) is 5.48 Å². The summed E-state index contributed by atoms with van der Waals surface area (Å²) >= 11 is 0. The van der Waals surface area contributed by atoms with E-state index in [4.69, 9.17) is 10.3 Å². The summed E-state index contributed by atoms with van der Waals surface area (Å²) in [5, 5.41) is 23.1. The normalized spacial score (nSPS) is 14.7. The minimum Gasteiger partial charge on any atom is -0.481 e. The first-order valence-electron chi connectivity index (χ1n) is 9.53. The topological polar surface area (TPSA) is 145 Å². The third-order valence-electron chi connectivity index (χ3n) is 4.40. The van der Waals surface area contributed by atoms with Gasteiger partial charge in [-0.25, -0.2) is 5.48 Å². The minimum absolute atomic E-state index is 0.140. The predicted molar refractivity (Wildman–Crippen MR) is 103 cm³/mol. The van der Waals surface area contributed by atoms with Crippen LogP contribution in [0.2, 0.25) is 0 Å². The lowest BCUT2D eigenvalue weighted by atomic mass is 9.85. The Labute approximate surface area is 166 Å². The maximum Gasteiger partial charge on any atom is 0.306 e. The van der Waals surface area contributed by atoms with Crippen LogP contribution >= 0.6 is 0 Å². The van der Waals surface area contributed by atoms with Gasteiger partial charge in [0.15, 0.2) is 0 Å². The average Bonchev–Trinajstić information content (AvgIpc) is 2.56. The van der Waals surface area contributed by atoms with Crippen LogP contribution in [0.5, 0.6) is 0 Å². The van der Waals surface area contributed by atoms with E-state index in [1.54, 1.807) is 27.7 Å². The molecule has 0 rings (SSSR count). The van der Waals surface area contributed by atoms with Crippen LogP contribution in [0.15, 0.2) is 0 Å². The van der Waals surface area contributed by atoms with Crippen LogP contribution in [0.4, 0.5) is 0 Å². The minimum atomic E-state index is -0.936. The molecule has 0 radical (unpaired) electrons. The van der Waals surface area contributed by atoms with E-state index in [1.807, 2.05) is 13.8 Å². The number of carboxylic acid groups (broad SMARTS) is 1. The summed E-state index contributed by atoms with van der Waals surface area (Å²) in [7, 11) is 0. The fourth-order valence-corrected chi connectivity index (χ4v) is 2.69. The zero-order valence-corrected chi connectivity index (χ0v) is 17.7. The number of carbonyl (C=O) groups is 4. The summed E-state index contributed by atoms with van der Waals surface area (Å²) in [6.07, 6.45) is 0.515. The molecular formula is C19H35N3O6. The number of hydrogen-bond donors (Lipinski definition) is 5. The second-order valence-corrected chi connectivity index (χ2v) is 8.69. The fraction of sp³-hybridized carbons (Fsp3) is 0.789. The molecule has 0 saturated heterocycles. The molecule has 9 nitrogen and oxygen atoms in total. The Hall–Kier alpha value is -2.16. The molecule has 162 valence electrons. The van der Waals surface area contributed by atoms with Crippen LogP contribution in [0.25, 0.3) is 0 Å². The van der Waals surface area contributed by atoms with E-state index >= 15 is 0 Å². The molecule has 0 heterocycles. The SMILES string of the molecule is CC(C)CC(CC(=O)NO)C(=O)N[C@H](C(=O)NCCC(C)C(=O)O)C(C)(C)C. The van der Waals surface area contributed by atoms with Crippen LogP contribution in [0.1, 0.15) is 60.8 Å². The molecule has 0 bridgehead atoms. The number of rotatable bonds is 11. The molecule has 0 aromatic carbocycles. The maximum atomic E-state index is 12.7. The van der Waals surface area contributed by atoms with Gasteiger partial charge < -0.3 is 15.7 Å². The van der Waals surface area contributed by atoms with E-state index in [9.17, 15) is 19.2 Å². The molecule has 0 aliphatic heterocycles. The number of carbonyl (C=O) groups excluding carboxylic acids is 3. The quantitative estimate of drug-likeness (QED) is 0.261. The number of amides is 3. The third kappa shape index (κ3) is 9.68. The van der Waals surface area contributed by atoms with Gasteiger partial charge in [-0.05, 0) is 24.2 Å². The summed E-state index contributed by atoms with van der Waals surface area (Å²) in [6, 6.07) is -0.855. The molecule has 0 aliphatic carbocycles. The van der Waals surface area contributed by atoms with Gasteiger partial charge >= 0.3 is 5.97 Å². The summed E-state index contributed by atoms with van der Waals surface area (Å²) in [4.78, 5) is 47.7. The monoisotopic (exact) mass is 401 g/mol. The highest BCUT2D eigenvalue weighted by Crippen LogP contribution is 2.22. The molecule has 0 aliphatic rings. The number of hydroxylamine groups is 1. The molecule has 9 heteroatoms. The summed E-state index contributed by atoms with van der Waals surface area (Å²) in [6.45, 7) is 11.0. The second kappa shape index (κ2) is 11.6. The van der Waals surface area contributed by atoms with Gasteiger partial charge in [-0.2, -0.15) is 0 Å². The van der Waals surface area contributed by atoms with Crippen molar-refractivity contribution in [3.8, 4) is 0 Å². The molecule has 0 aromatic heterocycles. The molecular weight excluding hydrogens is 366 g/mol. The summed E-state index contributed by atoms with van der Waals surface area (Å²) in [5.74, 6) is -3.58. The molecule has 5 N–H and O–H groups in total. The Bertz CT molecular complexity index is 556. The van der Waals surface area contributed by atoms with E-state index in [2.05, 4.69) is 10.6 Å². The number of carboxylic acids is 1. The van der Waals surface area contributed by atoms with Gasteiger partial charge in [-0.1, -0.05) is 41.5 Å². The van der Waals surface area contributed by atoms with E-state index in [0.717, 1.165) is 0 Å². The lowest BCUT2D eigenvalue weighted by molar-refractivity contribution is -0.141. The Morgan fingerprint density at radius 3 is 2.00 bits per heavy atom. The van der Waals surface area contributed by atoms with Crippen molar-refractivity contribution in [1.29, 1.82) is 0 Å². The summed E-state index contributed by atoms with van der Waals surface area (Å²) in [5.41, 5.74) is 0.934. The van der Waals surface area contributed by atoms with Crippen molar-refractivity contribution in [1.82, 2.24) is 16.1 Å². The Morgan fingerprint density at radius 2 is 1.57 bits per heavy atom. The molecule has 0 spiro atoms. The molecule has 2 unspecified atom stereocenters. The molecule has 0 fully saturated rings. The highest BCUT2D eigenvalue weighted by molar-refractivity contribution is 5.91. The van der Waals surface area contributed by atoms with Crippen LogP contribution in [0.3, 0.4) is 0 Å². The van der Waals surface area contributed by atoms with Gasteiger partial charge in [0.2, 0.25) is 17.7 Å². The van der Waals surface area contributed by atoms with E-state index in [-0.39, 0.29) is 25.3 Å². The van der Waals surface area contributed by atoms with Crippen LogP contribution in [-0.2, 0) is 19.2 Å². The van der Waals surface area contributed by atoms with Crippen molar-refractivity contribution >= 4 is 23.7 Å². The van der Waals surface area contributed by atoms with Crippen molar-refractivity contribution in [2.75, 3.05) is 6.54 Å². The number of nitrogens with one attached hydrogen (secondary N) is 3. The molecule has 0 aromatic rings. The van der Waals surface area contributed by atoms with Gasteiger partial charge in [-0.3, -0.25) is 24.4 Å². The lowest BCUT2D eigenvalue weighted by Crippen LogP contribution is -2.55. The highest BCUT2D eigenvalue weighted by atomic mass is 16.5. The predicted octanol–water partition coefficient (Wildman–Crippen LogP) is 1.30. The first-order valence-corrected chi connectivity index (χ1v) is 9.53. The first kappa shape index (κ1) is 25.8. The maximum absolute atomic E-state index is 12.7. The smallest absolute Gasteiger partial charge is 0.306 e. The van der Waals surface area contributed by atoms with Crippen LogP contribution in [0, 0.1) is 23.2 Å². The zero-order chi connectivity index (χ0) is 22.1. The van der Waals surface area contributed by atoms with Crippen LogP contribution in [-0.4, -0.2) is 46.6 Å². The van der Waals surface area contributed by atoms with E-state index in [0.29, 0.717) is 6.42 Å². The number of aliphatic carboxylic acids is 1. The Morgan fingerprint density at radius 1 is 1.00 bits per heavy atom. The van der Waals surface area contributed by atoms with Crippen molar-refractivity contribution in [3.05, 3.63) is 0 Å². The Kier molecular flexibility index (Phi) is 10.7. The molecule has 0 saturated carbocycles. The van der Waals surface area contributed by atoms with Gasteiger partial charge in [0.1, 0.15) is 6.04 Å². The van der Waals surface area contributed by atoms with Crippen molar-refractivity contribution in [3.63, 3.8) is 0 Å². The van der Waals surface area contributed by atoms with Gasteiger partial charge in [-0.15, -0.1) is 0 Å². The largest absolute Gasteiger partial charge is 0.481 e. The zero-order valence-electron chi connectivity index (χ0n) is 17.7. The summed E-state index contributed by atoms with van der Waals surface area (Å²) < 4.78 is 0.